The van der Waals surface area contributed by atoms with Crippen LogP contribution in [0.1, 0.15) is 43.2 Å². The maximum absolute atomic E-state index is 15.1. The largest absolute Gasteiger partial charge is 0.481 e. The average molecular weight is 576 g/mol. The molecule has 3 aliphatic rings. The number of fused-ring (bicyclic) bond motifs is 1. The van der Waals surface area contributed by atoms with Crippen molar-refractivity contribution >= 4 is 40.9 Å². The summed E-state index contributed by atoms with van der Waals surface area (Å²) in [6.45, 7) is 0.541. The molecule has 0 bridgehead atoms. The number of likely N-dealkylation sites (tertiary alicyclic amines) is 1. The standard InChI is InChI=1S/C29H32ClF2N3O5/c30-23-11-19(24(32)14-25(23)33-29(39)34-10-9-17-3-1-2-4-26(17)34)12-27(36)35-15-20(31)13-21(35)16-40-22-7-5-18(6-8-22)28(37)38/h1-4,11,14,18,20-22H,5-10,12-13,15-16H2,(H,33,39)(H,37,38)/t18-,20-,21-,22-/m0/s1. The van der Waals surface area contributed by atoms with E-state index in [9.17, 15) is 18.8 Å². The van der Waals surface area contributed by atoms with E-state index in [4.69, 9.17) is 21.4 Å². The average Bonchev–Trinajstić information content (AvgIpc) is 3.54. The molecule has 2 N–H and O–H groups in total. The maximum atomic E-state index is 15.1. The molecular formula is C29H32ClF2N3O5. The van der Waals surface area contributed by atoms with Gasteiger partial charge in [0.25, 0.3) is 0 Å². The van der Waals surface area contributed by atoms with Gasteiger partial charge >= 0.3 is 12.0 Å². The van der Waals surface area contributed by atoms with Crippen molar-refractivity contribution in [1.29, 1.82) is 0 Å². The Hall–Kier alpha value is -3.24. The summed E-state index contributed by atoms with van der Waals surface area (Å²) in [6.07, 6.45) is 1.47. The Bertz CT molecular complexity index is 1290. The molecule has 5 rings (SSSR count). The fourth-order valence-corrected chi connectivity index (χ4v) is 6.10. The van der Waals surface area contributed by atoms with Crippen LogP contribution in [0.5, 0.6) is 0 Å². The molecule has 1 aliphatic carbocycles. The minimum Gasteiger partial charge on any atom is -0.481 e. The molecule has 8 nitrogen and oxygen atoms in total. The van der Waals surface area contributed by atoms with Crippen LogP contribution in [0, 0.1) is 11.7 Å². The van der Waals surface area contributed by atoms with Crippen molar-refractivity contribution in [1.82, 2.24) is 4.90 Å². The molecule has 3 amide bonds. The monoisotopic (exact) mass is 575 g/mol. The number of carbonyl (C=O) groups excluding carboxylic acids is 2. The number of anilines is 2. The van der Waals surface area contributed by atoms with Crippen LogP contribution in [0.3, 0.4) is 0 Å². The number of hydrogen-bond donors (Lipinski definition) is 2. The molecule has 40 heavy (non-hydrogen) atoms. The topological polar surface area (TPSA) is 99.2 Å². The number of carboxylic acids is 1. The van der Waals surface area contributed by atoms with Crippen molar-refractivity contribution in [2.24, 2.45) is 5.92 Å². The molecule has 0 spiro atoms. The molecule has 2 atom stereocenters. The summed E-state index contributed by atoms with van der Waals surface area (Å²) in [5, 5.41) is 11.9. The van der Waals surface area contributed by atoms with E-state index in [-0.39, 0.29) is 54.3 Å². The number of para-hydroxylation sites is 1. The van der Waals surface area contributed by atoms with Crippen molar-refractivity contribution in [3.63, 3.8) is 0 Å². The van der Waals surface area contributed by atoms with Crippen LogP contribution in [0.2, 0.25) is 5.02 Å². The van der Waals surface area contributed by atoms with E-state index in [0.29, 0.717) is 32.2 Å². The number of rotatable bonds is 7. The van der Waals surface area contributed by atoms with Crippen LogP contribution in [-0.4, -0.2) is 65.9 Å². The first-order chi connectivity index (χ1) is 19.2. The number of carboxylic acid groups (broad SMARTS) is 1. The molecular weight excluding hydrogens is 544 g/mol. The minimum atomic E-state index is -1.21. The van der Waals surface area contributed by atoms with Gasteiger partial charge in [0, 0.05) is 18.7 Å². The number of urea groups is 1. The zero-order valence-electron chi connectivity index (χ0n) is 22.0. The Morgan fingerprint density at radius 2 is 1.88 bits per heavy atom. The maximum Gasteiger partial charge on any atom is 0.326 e. The van der Waals surface area contributed by atoms with Crippen LogP contribution in [0.15, 0.2) is 36.4 Å². The van der Waals surface area contributed by atoms with Gasteiger partial charge in [0.05, 0.1) is 48.3 Å². The first-order valence-corrected chi connectivity index (χ1v) is 14.0. The molecule has 2 heterocycles. The Morgan fingerprint density at radius 3 is 2.62 bits per heavy atom. The molecule has 2 aromatic rings. The summed E-state index contributed by atoms with van der Waals surface area (Å²) in [6, 6.07) is 9.06. The number of nitrogens with zero attached hydrogens (tertiary/aromatic N) is 2. The van der Waals surface area contributed by atoms with E-state index in [1.165, 1.54) is 11.0 Å². The van der Waals surface area contributed by atoms with Crippen molar-refractivity contribution < 1.29 is 33.0 Å². The number of nitrogens with one attached hydrogen (secondary N) is 1. The first kappa shape index (κ1) is 28.3. The molecule has 0 radical (unpaired) electrons. The van der Waals surface area contributed by atoms with Crippen molar-refractivity contribution in [3.8, 4) is 0 Å². The lowest BCUT2D eigenvalue weighted by atomic mass is 9.87. The molecule has 11 heteroatoms. The van der Waals surface area contributed by atoms with Crippen LogP contribution in [-0.2, 0) is 27.2 Å². The van der Waals surface area contributed by atoms with Gasteiger partial charge in [0.2, 0.25) is 5.91 Å². The van der Waals surface area contributed by atoms with Gasteiger partial charge in [-0.15, -0.1) is 0 Å². The van der Waals surface area contributed by atoms with Gasteiger partial charge in [0.1, 0.15) is 12.0 Å². The Labute approximate surface area is 236 Å². The Morgan fingerprint density at radius 1 is 1.12 bits per heavy atom. The molecule has 2 aliphatic heterocycles. The van der Waals surface area contributed by atoms with E-state index < -0.39 is 35.9 Å². The van der Waals surface area contributed by atoms with Gasteiger partial charge < -0.3 is 20.1 Å². The highest BCUT2D eigenvalue weighted by Gasteiger charge is 2.37. The first-order valence-electron chi connectivity index (χ1n) is 13.6. The van der Waals surface area contributed by atoms with Crippen molar-refractivity contribution in [3.05, 3.63) is 58.4 Å². The Balaban J connectivity index is 1.18. The van der Waals surface area contributed by atoms with E-state index >= 15 is 4.39 Å². The van der Waals surface area contributed by atoms with Crippen LogP contribution in [0.4, 0.5) is 25.0 Å². The van der Waals surface area contributed by atoms with Gasteiger partial charge in [0.15, 0.2) is 0 Å². The van der Waals surface area contributed by atoms with Crippen LogP contribution < -0.4 is 10.2 Å². The fourth-order valence-electron chi connectivity index (χ4n) is 5.86. The molecule has 2 aromatic carbocycles. The summed E-state index contributed by atoms with van der Waals surface area (Å²) >= 11 is 6.37. The summed E-state index contributed by atoms with van der Waals surface area (Å²) in [5.74, 6) is -2.30. The quantitative estimate of drug-likeness (QED) is 0.472. The van der Waals surface area contributed by atoms with Gasteiger partial charge in [-0.05, 0) is 61.4 Å². The molecule has 1 saturated heterocycles. The molecule has 0 unspecified atom stereocenters. The number of ether oxygens (including phenoxy) is 1. The summed E-state index contributed by atoms with van der Waals surface area (Å²) in [5.41, 5.74) is 1.99. The smallest absolute Gasteiger partial charge is 0.326 e. The predicted octanol–water partition coefficient (Wildman–Crippen LogP) is 5.22. The second-order valence-corrected chi connectivity index (χ2v) is 11.1. The van der Waals surface area contributed by atoms with Crippen LogP contribution >= 0.6 is 11.6 Å². The highest BCUT2D eigenvalue weighted by molar-refractivity contribution is 6.34. The number of amides is 3. The highest BCUT2D eigenvalue weighted by atomic mass is 35.5. The van der Waals surface area contributed by atoms with E-state index in [2.05, 4.69) is 5.32 Å². The van der Waals surface area contributed by atoms with Crippen molar-refractivity contribution in [2.75, 3.05) is 29.9 Å². The Kier molecular flexibility index (Phi) is 8.56. The molecule has 0 aromatic heterocycles. The lowest BCUT2D eigenvalue weighted by Gasteiger charge is -2.30. The third-order valence-corrected chi connectivity index (χ3v) is 8.40. The second-order valence-electron chi connectivity index (χ2n) is 10.7. The zero-order valence-corrected chi connectivity index (χ0v) is 22.7. The minimum absolute atomic E-state index is 0.0495. The third kappa shape index (κ3) is 6.23. The number of alkyl halides is 1. The SMILES string of the molecule is O=C(Nc1cc(F)c(CC(=O)N2C[C@@H](F)C[C@H]2CO[C@H]2CC[C@H](C(=O)O)CC2)cc1Cl)N1CCc2ccccc21. The zero-order chi connectivity index (χ0) is 28.4. The summed E-state index contributed by atoms with van der Waals surface area (Å²) in [4.78, 5) is 40.1. The highest BCUT2D eigenvalue weighted by Crippen LogP contribution is 2.32. The number of carbonyl (C=O) groups is 3. The number of halogens is 3. The lowest BCUT2D eigenvalue weighted by molar-refractivity contribution is -0.144. The van der Waals surface area contributed by atoms with E-state index in [0.717, 1.165) is 23.7 Å². The fraction of sp³-hybridized carbons (Fsp3) is 0.483. The molecule has 1 saturated carbocycles. The summed E-state index contributed by atoms with van der Waals surface area (Å²) in [7, 11) is 0. The van der Waals surface area contributed by atoms with Crippen molar-refractivity contribution in [2.45, 2.75) is 63.3 Å². The van der Waals surface area contributed by atoms with E-state index in [1.807, 2.05) is 24.3 Å². The molecule has 214 valence electrons. The number of benzene rings is 2. The third-order valence-electron chi connectivity index (χ3n) is 8.08. The molecule has 2 fully saturated rings. The normalized spacial score (nSPS) is 24.2. The summed E-state index contributed by atoms with van der Waals surface area (Å²) < 4.78 is 35.3. The van der Waals surface area contributed by atoms with E-state index in [1.54, 1.807) is 4.90 Å². The second kappa shape index (κ2) is 12.1. The van der Waals surface area contributed by atoms with Gasteiger partial charge in [-0.2, -0.15) is 0 Å². The lowest BCUT2D eigenvalue weighted by Crippen LogP contribution is -2.40. The van der Waals surface area contributed by atoms with Gasteiger partial charge in [-0.25, -0.2) is 13.6 Å². The number of hydrogen-bond acceptors (Lipinski definition) is 4. The van der Waals surface area contributed by atoms with Crippen LogP contribution in [0.25, 0.3) is 0 Å². The van der Waals surface area contributed by atoms with Gasteiger partial charge in [-0.1, -0.05) is 29.8 Å². The predicted molar refractivity (Wildman–Crippen MR) is 146 cm³/mol. The number of aliphatic carboxylic acids is 1. The van der Waals surface area contributed by atoms with Gasteiger partial charge in [-0.3, -0.25) is 14.5 Å².